The molecule has 6 heteroatoms. The average Bonchev–Trinajstić information content (AvgIpc) is 2.75. The van der Waals surface area contributed by atoms with E-state index in [0.29, 0.717) is 16.3 Å². The topological polar surface area (TPSA) is 47.6 Å². The van der Waals surface area contributed by atoms with Gasteiger partial charge in [-0.15, -0.1) is 0 Å². The third-order valence-corrected chi connectivity index (χ3v) is 5.36. The van der Waals surface area contributed by atoms with Crippen molar-refractivity contribution in [3.63, 3.8) is 0 Å². The van der Waals surface area contributed by atoms with Crippen molar-refractivity contribution in [2.24, 2.45) is 0 Å². The summed E-state index contributed by atoms with van der Waals surface area (Å²) in [7, 11) is -0.419. The van der Waals surface area contributed by atoms with Gasteiger partial charge in [-0.05, 0) is 76.0 Å². The summed E-state index contributed by atoms with van der Waals surface area (Å²) in [6, 6.07) is 12.6. The van der Waals surface area contributed by atoms with Gasteiger partial charge in [-0.25, -0.2) is 0 Å². The maximum atomic E-state index is 12.4. The molecule has 2 aromatic carbocycles. The number of aryl methyl sites for hydroxylation is 1. The molecule has 1 heterocycles. The van der Waals surface area contributed by atoms with Crippen LogP contribution in [0.3, 0.4) is 0 Å². The molecular weight excluding hydrogens is 348 g/mol. The quantitative estimate of drug-likeness (QED) is 0.823. The van der Waals surface area contributed by atoms with E-state index in [9.17, 15) is 4.79 Å². The van der Waals surface area contributed by atoms with Crippen molar-refractivity contribution in [3.8, 4) is 0 Å². The molecule has 0 aliphatic carbocycles. The van der Waals surface area contributed by atoms with Crippen LogP contribution in [0.25, 0.3) is 0 Å². The normalized spacial score (nSPS) is 18.0. The van der Waals surface area contributed by atoms with Crippen molar-refractivity contribution in [2.45, 2.75) is 45.8 Å². The minimum Gasteiger partial charge on any atom is -0.399 e. The highest BCUT2D eigenvalue weighted by molar-refractivity contribution is 6.62. The number of rotatable bonds is 3. The van der Waals surface area contributed by atoms with Crippen molar-refractivity contribution in [2.75, 3.05) is 5.32 Å². The number of anilines is 1. The maximum Gasteiger partial charge on any atom is 0.495 e. The molecule has 2 aromatic rings. The number of carbonyl (C=O) groups excluding carboxylic acids is 1. The van der Waals surface area contributed by atoms with Crippen LogP contribution in [0.2, 0.25) is 5.02 Å². The van der Waals surface area contributed by atoms with Gasteiger partial charge in [-0.1, -0.05) is 23.7 Å². The Bertz CT molecular complexity index is 835. The Hall–Kier alpha value is -1.82. The van der Waals surface area contributed by atoms with Crippen molar-refractivity contribution < 1.29 is 14.1 Å². The minimum atomic E-state index is -0.419. The molecule has 0 atom stereocenters. The number of hydrogen-bond donors (Lipinski definition) is 1. The third-order valence-electron chi connectivity index (χ3n) is 5.12. The molecule has 1 fully saturated rings. The molecule has 0 radical (unpaired) electrons. The number of amides is 1. The second kappa shape index (κ2) is 6.73. The summed E-state index contributed by atoms with van der Waals surface area (Å²) >= 11 is 5.95. The molecule has 1 N–H and O–H groups in total. The Kier molecular flexibility index (Phi) is 4.91. The molecule has 0 unspecified atom stereocenters. The Balaban J connectivity index is 1.77. The standard InChI is InChI=1S/C20H23BClNO3/c1-13-11-16(23-18(24)14-7-6-8-15(22)12-14)9-10-17(13)21-25-19(2,3)20(4,5)26-21/h6-12H,1-5H3,(H,23,24). The molecule has 0 bridgehead atoms. The monoisotopic (exact) mass is 371 g/mol. The maximum absolute atomic E-state index is 12.4. The van der Waals surface area contributed by atoms with Crippen LogP contribution < -0.4 is 10.8 Å². The highest BCUT2D eigenvalue weighted by atomic mass is 35.5. The smallest absolute Gasteiger partial charge is 0.399 e. The number of hydrogen-bond acceptors (Lipinski definition) is 3. The molecule has 26 heavy (non-hydrogen) atoms. The predicted molar refractivity (Wildman–Crippen MR) is 106 cm³/mol. The molecule has 0 aromatic heterocycles. The Morgan fingerprint density at radius 3 is 2.27 bits per heavy atom. The van der Waals surface area contributed by atoms with Crippen LogP contribution >= 0.6 is 11.6 Å². The first-order valence-electron chi connectivity index (χ1n) is 8.62. The fourth-order valence-corrected chi connectivity index (χ4v) is 3.01. The van der Waals surface area contributed by atoms with E-state index in [2.05, 4.69) is 5.32 Å². The van der Waals surface area contributed by atoms with Gasteiger partial charge in [-0.2, -0.15) is 0 Å². The van der Waals surface area contributed by atoms with Crippen molar-refractivity contribution >= 4 is 35.8 Å². The first-order valence-corrected chi connectivity index (χ1v) is 9.00. The molecule has 1 amide bonds. The fraction of sp³-hybridized carbons (Fsp3) is 0.350. The van der Waals surface area contributed by atoms with E-state index >= 15 is 0 Å². The summed E-state index contributed by atoms with van der Waals surface area (Å²) in [5.74, 6) is -0.199. The largest absolute Gasteiger partial charge is 0.495 e. The summed E-state index contributed by atoms with van der Waals surface area (Å²) in [5.41, 5.74) is 2.42. The van der Waals surface area contributed by atoms with Gasteiger partial charge in [0.1, 0.15) is 0 Å². The molecule has 136 valence electrons. The van der Waals surface area contributed by atoms with Crippen LogP contribution in [-0.4, -0.2) is 24.2 Å². The van der Waals surface area contributed by atoms with Crippen LogP contribution in [0.15, 0.2) is 42.5 Å². The predicted octanol–water partition coefficient (Wildman–Crippen LogP) is 4.20. The lowest BCUT2D eigenvalue weighted by atomic mass is 9.76. The van der Waals surface area contributed by atoms with Crippen LogP contribution in [0, 0.1) is 6.92 Å². The summed E-state index contributed by atoms with van der Waals surface area (Å²) in [4.78, 5) is 12.4. The molecular formula is C20H23BClNO3. The molecule has 0 spiro atoms. The zero-order valence-electron chi connectivity index (χ0n) is 15.7. The van der Waals surface area contributed by atoms with Gasteiger partial charge in [0.05, 0.1) is 11.2 Å². The van der Waals surface area contributed by atoms with Gasteiger partial charge >= 0.3 is 7.12 Å². The zero-order valence-corrected chi connectivity index (χ0v) is 16.5. The van der Waals surface area contributed by atoms with E-state index in [1.54, 1.807) is 24.3 Å². The second-order valence-electron chi connectivity index (χ2n) is 7.62. The number of benzene rings is 2. The Morgan fingerprint density at radius 2 is 1.69 bits per heavy atom. The highest BCUT2D eigenvalue weighted by Gasteiger charge is 2.52. The Morgan fingerprint density at radius 1 is 1.04 bits per heavy atom. The Labute approximate surface area is 160 Å². The molecule has 0 saturated carbocycles. The van der Waals surface area contributed by atoms with Crippen molar-refractivity contribution in [3.05, 3.63) is 58.6 Å². The van der Waals surface area contributed by atoms with Gasteiger partial charge in [0.25, 0.3) is 5.91 Å². The van der Waals surface area contributed by atoms with Gasteiger partial charge < -0.3 is 14.6 Å². The zero-order chi connectivity index (χ0) is 19.1. The van der Waals surface area contributed by atoms with Crippen molar-refractivity contribution in [1.29, 1.82) is 0 Å². The summed E-state index contributed by atoms with van der Waals surface area (Å²) in [5, 5.41) is 3.43. The average molecular weight is 372 g/mol. The van der Waals surface area contributed by atoms with Gasteiger partial charge in [0.15, 0.2) is 0 Å². The van der Waals surface area contributed by atoms with E-state index in [4.69, 9.17) is 20.9 Å². The van der Waals surface area contributed by atoms with E-state index in [0.717, 1.165) is 11.0 Å². The van der Waals surface area contributed by atoms with Crippen molar-refractivity contribution in [1.82, 2.24) is 0 Å². The van der Waals surface area contributed by atoms with E-state index in [-0.39, 0.29) is 17.1 Å². The van der Waals surface area contributed by atoms with Gasteiger partial charge in [-0.3, -0.25) is 4.79 Å². The summed E-state index contributed by atoms with van der Waals surface area (Å²) < 4.78 is 12.2. The highest BCUT2D eigenvalue weighted by Crippen LogP contribution is 2.36. The molecule has 1 aliphatic heterocycles. The molecule has 3 rings (SSSR count). The summed E-state index contributed by atoms with van der Waals surface area (Å²) in [6.07, 6.45) is 0. The second-order valence-corrected chi connectivity index (χ2v) is 8.06. The van der Waals surface area contributed by atoms with E-state index in [1.807, 2.05) is 52.8 Å². The summed E-state index contributed by atoms with van der Waals surface area (Å²) in [6.45, 7) is 10.1. The van der Waals surface area contributed by atoms with E-state index < -0.39 is 7.12 Å². The first kappa shape index (κ1) is 19.0. The minimum absolute atomic E-state index is 0.199. The third kappa shape index (κ3) is 3.66. The van der Waals surface area contributed by atoms with Crippen LogP contribution in [0.4, 0.5) is 5.69 Å². The number of carbonyl (C=O) groups is 1. The number of nitrogens with one attached hydrogen (secondary N) is 1. The molecule has 1 saturated heterocycles. The lowest BCUT2D eigenvalue weighted by molar-refractivity contribution is 0.00578. The van der Waals surface area contributed by atoms with Gasteiger partial charge in [0, 0.05) is 16.3 Å². The van der Waals surface area contributed by atoms with Crippen LogP contribution in [-0.2, 0) is 9.31 Å². The lowest BCUT2D eigenvalue weighted by Gasteiger charge is -2.32. The lowest BCUT2D eigenvalue weighted by Crippen LogP contribution is -2.41. The molecule has 4 nitrogen and oxygen atoms in total. The fourth-order valence-electron chi connectivity index (χ4n) is 2.82. The number of halogens is 1. The van der Waals surface area contributed by atoms with Crippen LogP contribution in [0.1, 0.15) is 43.6 Å². The SMILES string of the molecule is Cc1cc(NC(=O)c2cccc(Cl)c2)ccc1B1OC(C)(C)C(C)(C)O1. The first-order chi connectivity index (χ1) is 12.1. The van der Waals surface area contributed by atoms with Gasteiger partial charge in [0.2, 0.25) is 0 Å². The van der Waals surface area contributed by atoms with Crippen LogP contribution in [0.5, 0.6) is 0 Å². The molecule has 1 aliphatic rings. The van der Waals surface area contributed by atoms with E-state index in [1.165, 1.54) is 0 Å².